The molecule has 0 fully saturated rings. The van der Waals surface area contributed by atoms with E-state index in [1.54, 1.807) is 0 Å². The molecule has 1 aromatic carbocycles. The molecular weight excluding hydrogens is 244 g/mol. The van der Waals surface area contributed by atoms with Crippen LogP contribution in [0.15, 0.2) is 34.1 Å². The highest BCUT2D eigenvalue weighted by atomic mass is 79.9. The van der Waals surface area contributed by atoms with Gasteiger partial charge in [0, 0.05) is 9.37 Å². The van der Waals surface area contributed by atoms with Crippen molar-refractivity contribution in [2.45, 2.75) is 17.7 Å². The van der Waals surface area contributed by atoms with Crippen LogP contribution in [0.3, 0.4) is 0 Å². The van der Waals surface area contributed by atoms with E-state index in [1.807, 2.05) is 11.8 Å². The number of fused-ring (bicyclic) bond motifs is 1. The maximum absolute atomic E-state index is 4.12. The summed E-state index contributed by atoms with van der Waals surface area (Å²) in [5.41, 5.74) is 2.62. The Morgan fingerprint density at radius 2 is 2.23 bits per heavy atom. The van der Waals surface area contributed by atoms with Crippen molar-refractivity contribution in [2.24, 2.45) is 0 Å². The average molecular weight is 255 g/mol. The SMILES string of the molecule is C=C1CCCSc2cc(Br)ccc21. The van der Waals surface area contributed by atoms with E-state index in [9.17, 15) is 0 Å². The molecule has 0 radical (unpaired) electrons. The van der Waals surface area contributed by atoms with Crippen LogP contribution >= 0.6 is 27.7 Å². The minimum atomic E-state index is 1.14. The van der Waals surface area contributed by atoms with Crippen LogP contribution in [0.25, 0.3) is 5.57 Å². The Kier molecular flexibility index (Phi) is 2.80. The van der Waals surface area contributed by atoms with Gasteiger partial charge in [0.05, 0.1) is 0 Å². The van der Waals surface area contributed by atoms with Gasteiger partial charge in [0.1, 0.15) is 0 Å². The predicted molar refractivity (Wildman–Crippen MR) is 63.1 cm³/mol. The van der Waals surface area contributed by atoms with Gasteiger partial charge in [-0.2, -0.15) is 0 Å². The Morgan fingerprint density at radius 3 is 3.08 bits per heavy atom. The summed E-state index contributed by atoms with van der Waals surface area (Å²) in [5, 5.41) is 0. The summed E-state index contributed by atoms with van der Waals surface area (Å²) in [5.74, 6) is 1.21. The number of thioether (sulfide) groups is 1. The van der Waals surface area contributed by atoms with Crippen LogP contribution in [0.1, 0.15) is 18.4 Å². The molecule has 0 N–H and O–H groups in total. The summed E-state index contributed by atoms with van der Waals surface area (Å²) in [6.07, 6.45) is 2.39. The van der Waals surface area contributed by atoms with Crippen LogP contribution in [-0.4, -0.2) is 5.75 Å². The zero-order chi connectivity index (χ0) is 9.26. The van der Waals surface area contributed by atoms with Gasteiger partial charge < -0.3 is 0 Å². The van der Waals surface area contributed by atoms with E-state index in [-0.39, 0.29) is 0 Å². The molecule has 13 heavy (non-hydrogen) atoms. The Bertz CT molecular complexity index is 344. The summed E-state index contributed by atoms with van der Waals surface area (Å²) in [6.45, 7) is 4.12. The highest BCUT2D eigenvalue weighted by Crippen LogP contribution is 2.35. The van der Waals surface area contributed by atoms with E-state index in [1.165, 1.54) is 28.2 Å². The largest absolute Gasteiger partial charge is 0.125 e. The Balaban J connectivity index is 2.48. The minimum Gasteiger partial charge on any atom is -0.125 e. The molecule has 0 amide bonds. The molecule has 68 valence electrons. The van der Waals surface area contributed by atoms with E-state index in [0.717, 1.165) is 10.9 Å². The second kappa shape index (κ2) is 3.89. The second-order valence-corrected chi connectivity index (χ2v) is 5.25. The molecule has 0 aliphatic carbocycles. The lowest BCUT2D eigenvalue weighted by Crippen LogP contribution is -1.83. The van der Waals surface area contributed by atoms with Gasteiger partial charge >= 0.3 is 0 Å². The van der Waals surface area contributed by atoms with Gasteiger partial charge in [-0.25, -0.2) is 0 Å². The standard InChI is InChI=1S/C11H11BrS/c1-8-3-2-6-13-11-7-9(12)4-5-10(8)11/h4-5,7H,1-3,6H2. The highest BCUT2D eigenvalue weighted by molar-refractivity contribution is 9.10. The first kappa shape index (κ1) is 9.35. The van der Waals surface area contributed by atoms with E-state index >= 15 is 0 Å². The first-order valence-corrected chi connectivity index (χ1v) is 6.16. The minimum absolute atomic E-state index is 1.14. The van der Waals surface area contributed by atoms with E-state index < -0.39 is 0 Å². The zero-order valence-electron chi connectivity index (χ0n) is 7.35. The summed E-state index contributed by atoms with van der Waals surface area (Å²) in [4.78, 5) is 1.37. The molecule has 0 spiro atoms. The Labute approximate surface area is 91.6 Å². The summed E-state index contributed by atoms with van der Waals surface area (Å²) >= 11 is 5.43. The van der Waals surface area contributed by atoms with Gasteiger partial charge in [-0.3, -0.25) is 0 Å². The smallest absolute Gasteiger partial charge is 0.0186 e. The number of halogens is 1. The van der Waals surface area contributed by atoms with Crippen molar-refractivity contribution in [3.63, 3.8) is 0 Å². The molecule has 2 heteroatoms. The lowest BCUT2D eigenvalue weighted by Gasteiger charge is -2.06. The third kappa shape index (κ3) is 2.00. The van der Waals surface area contributed by atoms with Crippen LogP contribution in [0.2, 0.25) is 0 Å². The topological polar surface area (TPSA) is 0 Å². The van der Waals surface area contributed by atoms with E-state index in [0.29, 0.717) is 0 Å². The third-order valence-electron chi connectivity index (χ3n) is 2.21. The molecule has 0 bridgehead atoms. The van der Waals surface area contributed by atoms with Gasteiger partial charge in [-0.1, -0.05) is 28.6 Å². The highest BCUT2D eigenvalue weighted by Gasteiger charge is 2.11. The van der Waals surface area contributed by atoms with Crippen molar-refractivity contribution >= 4 is 33.3 Å². The van der Waals surface area contributed by atoms with Gasteiger partial charge in [0.25, 0.3) is 0 Å². The molecule has 2 rings (SSSR count). The third-order valence-corrected chi connectivity index (χ3v) is 3.84. The lowest BCUT2D eigenvalue weighted by atomic mass is 10.0. The molecule has 0 aromatic heterocycles. The number of hydrogen-bond donors (Lipinski definition) is 0. The first-order chi connectivity index (χ1) is 6.27. The van der Waals surface area contributed by atoms with Gasteiger partial charge in [0.2, 0.25) is 0 Å². The number of benzene rings is 1. The monoisotopic (exact) mass is 254 g/mol. The maximum atomic E-state index is 4.12. The molecule has 0 nitrogen and oxygen atoms in total. The molecular formula is C11H11BrS. The number of allylic oxidation sites excluding steroid dienone is 1. The van der Waals surface area contributed by atoms with Gasteiger partial charge in [0.15, 0.2) is 0 Å². The summed E-state index contributed by atoms with van der Waals surface area (Å²) in [6, 6.07) is 6.45. The second-order valence-electron chi connectivity index (χ2n) is 3.20. The normalized spacial score (nSPS) is 16.5. The zero-order valence-corrected chi connectivity index (χ0v) is 9.75. The van der Waals surface area contributed by atoms with E-state index in [2.05, 4.69) is 40.7 Å². The van der Waals surface area contributed by atoms with Crippen molar-refractivity contribution in [2.75, 3.05) is 5.75 Å². The predicted octanol–water partition coefficient (Wildman–Crippen LogP) is 4.35. The molecule has 1 aromatic rings. The first-order valence-electron chi connectivity index (χ1n) is 4.38. The maximum Gasteiger partial charge on any atom is 0.0186 e. The summed E-state index contributed by atoms with van der Waals surface area (Å²) in [7, 11) is 0. The lowest BCUT2D eigenvalue weighted by molar-refractivity contribution is 0.996. The number of rotatable bonds is 0. The quantitative estimate of drug-likeness (QED) is 0.664. The fourth-order valence-corrected chi connectivity index (χ4v) is 3.11. The van der Waals surface area contributed by atoms with E-state index in [4.69, 9.17) is 0 Å². The molecule has 0 atom stereocenters. The van der Waals surface area contributed by atoms with Crippen molar-refractivity contribution < 1.29 is 0 Å². The van der Waals surface area contributed by atoms with Crippen LogP contribution in [0, 0.1) is 0 Å². The van der Waals surface area contributed by atoms with Crippen LogP contribution in [0.4, 0.5) is 0 Å². The Morgan fingerprint density at radius 1 is 1.38 bits per heavy atom. The van der Waals surface area contributed by atoms with Gasteiger partial charge in [-0.05, 0) is 41.9 Å². The molecule has 0 saturated carbocycles. The van der Waals surface area contributed by atoms with Crippen molar-refractivity contribution in [1.82, 2.24) is 0 Å². The fraction of sp³-hybridized carbons (Fsp3) is 0.273. The van der Waals surface area contributed by atoms with Crippen molar-refractivity contribution in [1.29, 1.82) is 0 Å². The molecule has 1 heterocycles. The van der Waals surface area contributed by atoms with Gasteiger partial charge in [-0.15, -0.1) is 11.8 Å². The fourth-order valence-electron chi connectivity index (χ4n) is 1.51. The average Bonchev–Trinajstić information content (AvgIpc) is 2.28. The Hall–Kier alpha value is -0.210. The number of hydrogen-bond acceptors (Lipinski definition) is 1. The van der Waals surface area contributed by atoms with Crippen molar-refractivity contribution in [3.05, 3.63) is 34.8 Å². The summed E-state index contributed by atoms with van der Waals surface area (Å²) < 4.78 is 1.16. The van der Waals surface area contributed by atoms with Crippen LogP contribution in [-0.2, 0) is 0 Å². The molecule has 1 aliphatic rings. The van der Waals surface area contributed by atoms with Crippen molar-refractivity contribution in [3.8, 4) is 0 Å². The molecule has 1 aliphatic heterocycles. The molecule has 0 unspecified atom stereocenters. The molecule has 0 saturated heterocycles. The van der Waals surface area contributed by atoms with Crippen LogP contribution in [0.5, 0.6) is 0 Å². The van der Waals surface area contributed by atoms with Crippen LogP contribution < -0.4 is 0 Å².